The van der Waals surface area contributed by atoms with E-state index in [9.17, 15) is 9.59 Å². The molecule has 0 aromatic carbocycles. The Hall–Kier alpha value is -1.10. The minimum Gasteiger partial charge on any atom is -0.368 e. The molecule has 0 aliphatic carbocycles. The molecule has 17 heavy (non-hydrogen) atoms. The molecule has 0 spiro atoms. The topological polar surface area (TPSA) is 84.2 Å². The second-order valence-corrected chi connectivity index (χ2v) is 4.12. The number of nitrogens with two attached hydrogens (primary N) is 1. The zero-order chi connectivity index (χ0) is 13.1. The van der Waals surface area contributed by atoms with Gasteiger partial charge in [-0.25, -0.2) is 0 Å². The Bertz CT molecular complexity index is 232. The van der Waals surface area contributed by atoms with Crippen LogP contribution in [0.5, 0.6) is 0 Å². The first-order chi connectivity index (χ1) is 8.11. The van der Waals surface area contributed by atoms with E-state index in [2.05, 4.69) is 17.6 Å². The van der Waals surface area contributed by atoms with Crippen molar-refractivity contribution in [2.45, 2.75) is 52.0 Å². The number of carbonyl (C=O) groups excluding carboxylic acids is 2. The van der Waals surface area contributed by atoms with Gasteiger partial charge in [0, 0.05) is 13.0 Å². The molecule has 1 unspecified atom stereocenters. The van der Waals surface area contributed by atoms with Gasteiger partial charge in [0.25, 0.3) is 0 Å². The van der Waals surface area contributed by atoms with Gasteiger partial charge in [0.1, 0.15) is 0 Å². The van der Waals surface area contributed by atoms with Gasteiger partial charge in [-0.3, -0.25) is 9.59 Å². The summed E-state index contributed by atoms with van der Waals surface area (Å²) < 4.78 is 0. The van der Waals surface area contributed by atoms with Crippen molar-refractivity contribution in [1.29, 1.82) is 0 Å². The van der Waals surface area contributed by atoms with E-state index in [1.54, 1.807) is 0 Å². The molecular weight excluding hydrogens is 218 g/mol. The van der Waals surface area contributed by atoms with Crippen molar-refractivity contribution in [2.75, 3.05) is 13.1 Å². The van der Waals surface area contributed by atoms with Crippen molar-refractivity contribution in [3.63, 3.8) is 0 Å². The third-order valence-corrected chi connectivity index (χ3v) is 2.58. The Balaban J connectivity index is 3.49. The molecule has 0 rings (SSSR count). The third-order valence-electron chi connectivity index (χ3n) is 2.58. The highest BCUT2D eigenvalue weighted by Gasteiger charge is 2.11. The monoisotopic (exact) mass is 243 g/mol. The van der Waals surface area contributed by atoms with Crippen molar-refractivity contribution in [3.8, 4) is 0 Å². The molecule has 0 fully saturated rings. The van der Waals surface area contributed by atoms with Gasteiger partial charge in [-0.15, -0.1) is 0 Å². The smallest absolute Gasteiger partial charge is 0.234 e. The zero-order valence-electron chi connectivity index (χ0n) is 10.9. The summed E-state index contributed by atoms with van der Waals surface area (Å²) in [6, 6.07) is -0.279. The summed E-state index contributed by atoms with van der Waals surface area (Å²) in [5, 5.41) is 5.89. The van der Waals surface area contributed by atoms with Crippen LogP contribution in [0, 0.1) is 0 Å². The maximum absolute atomic E-state index is 11.3. The molecule has 0 aliphatic heterocycles. The lowest BCUT2D eigenvalue weighted by molar-refractivity contribution is -0.121. The fourth-order valence-electron chi connectivity index (χ4n) is 1.46. The van der Waals surface area contributed by atoms with E-state index in [4.69, 9.17) is 5.73 Å². The van der Waals surface area contributed by atoms with Crippen LogP contribution in [0.15, 0.2) is 0 Å². The number of nitrogens with one attached hydrogen (secondary N) is 2. The molecule has 1 atom stereocenters. The molecule has 100 valence electrons. The van der Waals surface area contributed by atoms with Gasteiger partial charge in [0.15, 0.2) is 0 Å². The molecule has 0 aromatic rings. The molecule has 4 N–H and O–H groups in total. The molecule has 0 bridgehead atoms. The maximum atomic E-state index is 11.3. The Morgan fingerprint density at radius 1 is 1.18 bits per heavy atom. The fourth-order valence-corrected chi connectivity index (χ4v) is 1.46. The highest BCUT2D eigenvalue weighted by atomic mass is 16.2. The third kappa shape index (κ3) is 8.68. The number of rotatable bonds is 10. The average Bonchev–Trinajstić information content (AvgIpc) is 2.29. The van der Waals surface area contributed by atoms with Crippen LogP contribution in [-0.4, -0.2) is 30.9 Å². The minimum absolute atomic E-state index is 0.0763. The van der Waals surface area contributed by atoms with E-state index in [0.717, 1.165) is 25.8 Å². The summed E-state index contributed by atoms with van der Waals surface area (Å²) in [5.74, 6) is -0.257. The largest absolute Gasteiger partial charge is 0.368 e. The van der Waals surface area contributed by atoms with Gasteiger partial charge in [0.2, 0.25) is 11.8 Å². The Morgan fingerprint density at radius 3 is 2.41 bits per heavy atom. The van der Waals surface area contributed by atoms with Crippen LogP contribution >= 0.6 is 0 Å². The van der Waals surface area contributed by atoms with Crippen LogP contribution in [-0.2, 0) is 9.59 Å². The summed E-state index contributed by atoms with van der Waals surface area (Å²) in [7, 11) is 0. The minimum atomic E-state index is -0.333. The van der Waals surface area contributed by atoms with Crippen molar-refractivity contribution in [1.82, 2.24) is 10.6 Å². The fraction of sp³-hybridized carbons (Fsp3) is 0.833. The lowest BCUT2D eigenvalue weighted by atomic mass is 10.2. The molecule has 5 heteroatoms. The number of unbranched alkanes of at least 4 members (excludes halogenated alkanes) is 1. The Kier molecular flexibility index (Phi) is 9.43. The van der Waals surface area contributed by atoms with Crippen LogP contribution in [0.1, 0.15) is 46.0 Å². The molecule has 2 amide bonds. The average molecular weight is 243 g/mol. The predicted molar refractivity (Wildman–Crippen MR) is 68.4 cm³/mol. The van der Waals surface area contributed by atoms with Crippen LogP contribution in [0.25, 0.3) is 0 Å². The molecule has 0 aromatic heterocycles. The number of carbonyl (C=O) groups is 2. The number of hydrogen-bond acceptors (Lipinski definition) is 3. The number of primary amides is 1. The quantitative estimate of drug-likeness (QED) is 0.489. The normalized spacial score (nSPS) is 12.1. The first kappa shape index (κ1) is 15.9. The van der Waals surface area contributed by atoms with Crippen LogP contribution in [0.4, 0.5) is 0 Å². The van der Waals surface area contributed by atoms with Gasteiger partial charge in [-0.1, -0.05) is 20.3 Å². The van der Waals surface area contributed by atoms with Crippen molar-refractivity contribution < 1.29 is 9.59 Å². The maximum Gasteiger partial charge on any atom is 0.234 e. The van der Waals surface area contributed by atoms with Crippen molar-refractivity contribution in [2.24, 2.45) is 5.73 Å². The van der Waals surface area contributed by atoms with Gasteiger partial charge < -0.3 is 16.4 Å². The van der Waals surface area contributed by atoms with Crippen molar-refractivity contribution in [3.05, 3.63) is 0 Å². The molecule has 5 nitrogen and oxygen atoms in total. The number of hydrogen-bond donors (Lipinski definition) is 3. The molecule has 0 aliphatic rings. The zero-order valence-corrected chi connectivity index (χ0v) is 10.9. The highest BCUT2D eigenvalue weighted by Crippen LogP contribution is 1.93. The van der Waals surface area contributed by atoms with Gasteiger partial charge in [-0.2, -0.15) is 0 Å². The summed E-state index contributed by atoms with van der Waals surface area (Å²) in [6.07, 6.45) is 3.99. The molecule has 0 heterocycles. The van der Waals surface area contributed by atoms with Gasteiger partial charge in [0.05, 0.1) is 6.04 Å². The summed E-state index contributed by atoms with van der Waals surface area (Å²) in [4.78, 5) is 22.2. The molecule has 0 saturated carbocycles. The molecule has 0 radical (unpaired) electrons. The van der Waals surface area contributed by atoms with Gasteiger partial charge in [-0.05, 0) is 25.8 Å². The lowest BCUT2D eigenvalue weighted by Crippen LogP contribution is -2.41. The SMILES string of the molecule is CCCCNC(=O)CCCNC(CC)C(N)=O. The second kappa shape index (κ2) is 10.1. The first-order valence-electron chi connectivity index (χ1n) is 6.41. The molecule has 0 saturated heterocycles. The first-order valence-corrected chi connectivity index (χ1v) is 6.41. The Labute approximate surface area is 104 Å². The summed E-state index contributed by atoms with van der Waals surface area (Å²) in [6.45, 7) is 5.38. The summed E-state index contributed by atoms with van der Waals surface area (Å²) >= 11 is 0. The highest BCUT2D eigenvalue weighted by molar-refractivity contribution is 5.79. The lowest BCUT2D eigenvalue weighted by Gasteiger charge is -2.12. The Morgan fingerprint density at radius 2 is 1.88 bits per heavy atom. The van der Waals surface area contributed by atoms with E-state index in [1.165, 1.54) is 0 Å². The summed E-state index contributed by atoms with van der Waals surface area (Å²) in [5.41, 5.74) is 5.19. The van der Waals surface area contributed by atoms with Crippen LogP contribution < -0.4 is 16.4 Å². The second-order valence-electron chi connectivity index (χ2n) is 4.12. The van der Waals surface area contributed by atoms with E-state index in [1.807, 2.05) is 6.92 Å². The van der Waals surface area contributed by atoms with E-state index >= 15 is 0 Å². The molecular formula is C12H25N3O2. The van der Waals surface area contributed by atoms with Crippen molar-refractivity contribution >= 4 is 11.8 Å². The standard InChI is InChI=1S/C12H25N3O2/c1-3-5-8-15-11(16)7-6-9-14-10(4-2)12(13)17/h10,14H,3-9H2,1-2H3,(H2,13,17)(H,15,16). The van der Waals surface area contributed by atoms with Crippen LogP contribution in [0.3, 0.4) is 0 Å². The van der Waals surface area contributed by atoms with E-state index < -0.39 is 0 Å². The number of amides is 2. The van der Waals surface area contributed by atoms with Gasteiger partial charge >= 0.3 is 0 Å². The predicted octanol–water partition coefficient (Wildman–Crippen LogP) is 0.536. The van der Waals surface area contributed by atoms with E-state index in [-0.39, 0.29) is 17.9 Å². The van der Waals surface area contributed by atoms with Crippen LogP contribution in [0.2, 0.25) is 0 Å². The van der Waals surface area contributed by atoms with E-state index in [0.29, 0.717) is 19.4 Å².